The van der Waals surface area contributed by atoms with E-state index in [0.717, 1.165) is 0 Å². The Morgan fingerprint density at radius 2 is 1.73 bits per heavy atom. The van der Waals surface area contributed by atoms with E-state index in [4.69, 9.17) is 30.6 Å². The molecule has 1 aliphatic heterocycles. The minimum absolute atomic E-state index is 0.637. The molecule has 0 aromatic carbocycles. The van der Waals surface area contributed by atoms with Crippen LogP contribution in [0.3, 0.4) is 0 Å². The molecule has 0 saturated carbocycles. The number of carbonyl (C=O) groups excluding carboxylic acids is 1. The van der Waals surface area contributed by atoms with Crippen molar-refractivity contribution in [3.8, 4) is 0 Å². The highest BCUT2D eigenvalue weighted by atomic mass is 16.6. The number of ether oxygens (including phenoxy) is 1. The van der Waals surface area contributed by atoms with Crippen molar-refractivity contribution in [1.29, 1.82) is 0 Å². The number of cyclic esters (lactones) is 1. The molecule has 90 valence electrons. The summed E-state index contributed by atoms with van der Waals surface area (Å²) in [5.41, 5.74) is 0. The highest BCUT2D eigenvalue weighted by Gasteiger charge is 2.45. The van der Waals surface area contributed by atoms with Crippen LogP contribution in [0.4, 0.5) is 0 Å². The SMILES string of the molecule is O=C1OC(C(O)CO)C(O)C1O.OCO. The number of carbonyl (C=O) groups is 1. The summed E-state index contributed by atoms with van der Waals surface area (Å²) >= 11 is 0. The van der Waals surface area contributed by atoms with E-state index in [2.05, 4.69) is 4.74 Å². The zero-order valence-corrected chi connectivity index (χ0v) is 7.72. The predicted octanol–water partition coefficient (Wildman–Crippen LogP) is -4.08. The van der Waals surface area contributed by atoms with Crippen molar-refractivity contribution in [3.63, 3.8) is 0 Å². The Morgan fingerprint density at radius 1 is 1.27 bits per heavy atom. The van der Waals surface area contributed by atoms with E-state index in [1.807, 2.05) is 0 Å². The lowest BCUT2D eigenvalue weighted by Gasteiger charge is -2.17. The van der Waals surface area contributed by atoms with E-state index >= 15 is 0 Å². The van der Waals surface area contributed by atoms with Crippen LogP contribution in [0.25, 0.3) is 0 Å². The first kappa shape index (κ1) is 14.2. The van der Waals surface area contributed by atoms with Gasteiger partial charge in [0.1, 0.15) is 19.0 Å². The van der Waals surface area contributed by atoms with Crippen molar-refractivity contribution in [1.82, 2.24) is 0 Å². The molecule has 4 unspecified atom stereocenters. The summed E-state index contributed by atoms with van der Waals surface area (Å²) in [4.78, 5) is 10.6. The molecule has 1 aliphatic rings. The fourth-order valence-electron chi connectivity index (χ4n) is 1.00. The van der Waals surface area contributed by atoms with Gasteiger partial charge in [0, 0.05) is 0 Å². The van der Waals surface area contributed by atoms with Crippen LogP contribution in [0.2, 0.25) is 0 Å². The molecule has 0 radical (unpaired) electrons. The molecule has 0 spiro atoms. The van der Waals surface area contributed by atoms with Gasteiger partial charge in [-0.2, -0.15) is 0 Å². The minimum Gasteiger partial charge on any atom is -0.455 e. The average Bonchev–Trinajstić information content (AvgIpc) is 2.46. The lowest BCUT2D eigenvalue weighted by atomic mass is 10.1. The summed E-state index contributed by atoms with van der Waals surface area (Å²) in [6, 6.07) is 0. The molecule has 1 fully saturated rings. The number of hydrogen-bond acceptors (Lipinski definition) is 8. The Hall–Kier alpha value is -0.770. The third-order valence-corrected chi connectivity index (χ3v) is 1.72. The van der Waals surface area contributed by atoms with E-state index < -0.39 is 43.8 Å². The Kier molecular flexibility index (Phi) is 6.32. The van der Waals surface area contributed by atoms with Crippen LogP contribution in [-0.4, -0.2) is 74.4 Å². The van der Waals surface area contributed by atoms with E-state index in [-0.39, 0.29) is 0 Å². The molecule has 1 heterocycles. The van der Waals surface area contributed by atoms with Gasteiger partial charge < -0.3 is 35.4 Å². The molecule has 0 bridgehead atoms. The van der Waals surface area contributed by atoms with Crippen molar-refractivity contribution >= 4 is 5.97 Å². The van der Waals surface area contributed by atoms with E-state index in [0.29, 0.717) is 0 Å². The molecule has 6 N–H and O–H groups in total. The van der Waals surface area contributed by atoms with E-state index in [1.54, 1.807) is 0 Å². The number of rotatable bonds is 2. The molecule has 15 heavy (non-hydrogen) atoms. The normalized spacial score (nSPS) is 31.6. The summed E-state index contributed by atoms with van der Waals surface area (Å²) in [5.74, 6) is -0.986. The van der Waals surface area contributed by atoms with Crippen LogP contribution in [0.5, 0.6) is 0 Å². The van der Waals surface area contributed by atoms with Gasteiger partial charge in [-0.1, -0.05) is 0 Å². The topological polar surface area (TPSA) is 148 Å². The molecule has 0 aromatic rings. The number of aliphatic hydroxyl groups excluding tert-OH is 5. The van der Waals surface area contributed by atoms with Crippen LogP contribution in [-0.2, 0) is 9.53 Å². The Bertz CT molecular complexity index is 195. The maximum absolute atomic E-state index is 10.6. The smallest absolute Gasteiger partial charge is 0.338 e. The van der Waals surface area contributed by atoms with Gasteiger partial charge in [-0.05, 0) is 0 Å². The van der Waals surface area contributed by atoms with Crippen molar-refractivity contribution in [2.24, 2.45) is 0 Å². The molecular formula is C7H14O8. The highest BCUT2D eigenvalue weighted by Crippen LogP contribution is 2.18. The number of esters is 1. The average molecular weight is 226 g/mol. The van der Waals surface area contributed by atoms with Gasteiger partial charge >= 0.3 is 5.97 Å². The summed E-state index contributed by atoms with van der Waals surface area (Å²) in [6.07, 6.45) is -5.70. The standard InChI is InChI=1S/C6H10O6.CH4O2/c7-1-2(8)5-3(9)4(10)6(11)12-5;2-1-3/h2-5,7-10H,1H2;2-3H,1H2. The Labute approximate surface area is 85.0 Å². The maximum atomic E-state index is 10.6. The van der Waals surface area contributed by atoms with Crippen molar-refractivity contribution < 1.29 is 40.2 Å². The summed E-state index contributed by atoms with van der Waals surface area (Å²) in [7, 11) is 0. The van der Waals surface area contributed by atoms with Gasteiger partial charge in [-0.15, -0.1) is 0 Å². The summed E-state index contributed by atoms with van der Waals surface area (Å²) in [6.45, 7) is -1.39. The fraction of sp³-hybridized carbons (Fsp3) is 0.857. The molecular weight excluding hydrogens is 212 g/mol. The first-order valence-corrected chi connectivity index (χ1v) is 4.06. The molecule has 0 aliphatic carbocycles. The molecule has 0 aromatic heterocycles. The van der Waals surface area contributed by atoms with Crippen LogP contribution < -0.4 is 0 Å². The van der Waals surface area contributed by atoms with E-state index in [9.17, 15) is 4.79 Å². The molecule has 0 amide bonds. The van der Waals surface area contributed by atoms with Gasteiger partial charge in [0.15, 0.2) is 12.2 Å². The van der Waals surface area contributed by atoms with Gasteiger partial charge in [0.2, 0.25) is 0 Å². The van der Waals surface area contributed by atoms with Crippen LogP contribution >= 0.6 is 0 Å². The van der Waals surface area contributed by atoms with Gasteiger partial charge in [-0.25, -0.2) is 4.79 Å². The first-order valence-electron chi connectivity index (χ1n) is 4.06. The van der Waals surface area contributed by atoms with Crippen LogP contribution in [0.15, 0.2) is 0 Å². The second-order valence-corrected chi connectivity index (χ2v) is 2.73. The monoisotopic (exact) mass is 226 g/mol. The molecule has 1 saturated heterocycles. The van der Waals surface area contributed by atoms with Crippen molar-refractivity contribution in [2.75, 3.05) is 13.4 Å². The number of hydrogen-bond donors (Lipinski definition) is 6. The zero-order chi connectivity index (χ0) is 12.0. The summed E-state index contributed by atoms with van der Waals surface area (Å²) < 4.78 is 4.39. The Balaban J connectivity index is 0.000000583. The predicted molar refractivity (Wildman–Crippen MR) is 44.3 cm³/mol. The second-order valence-electron chi connectivity index (χ2n) is 2.73. The molecule has 1 rings (SSSR count). The quantitative estimate of drug-likeness (QED) is 0.206. The molecule has 8 nitrogen and oxygen atoms in total. The van der Waals surface area contributed by atoms with Crippen LogP contribution in [0, 0.1) is 0 Å². The molecule has 4 atom stereocenters. The highest BCUT2D eigenvalue weighted by molar-refractivity contribution is 5.77. The first-order chi connectivity index (χ1) is 6.99. The maximum Gasteiger partial charge on any atom is 0.338 e. The van der Waals surface area contributed by atoms with Gasteiger partial charge in [0.25, 0.3) is 0 Å². The lowest BCUT2D eigenvalue weighted by molar-refractivity contribution is -0.151. The lowest BCUT2D eigenvalue weighted by Crippen LogP contribution is -2.40. The van der Waals surface area contributed by atoms with Crippen LogP contribution in [0.1, 0.15) is 0 Å². The number of aliphatic hydroxyl groups is 6. The third-order valence-electron chi connectivity index (χ3n) is 1.72. The minimum atomic E-state index is -1.63. The Morgan fingerprint density at radius 3 is 2.00 bits per heavy atom. The van der Waals surface area contributed by atoms with Gasteiger partial charge in [0.05, 0.1) is 6.61 Å². The fourth-order valence-corrected chi connectivity index (χ4v) is 1.00. The largest absolute Gasteiger partial charge is 0.455 e. The summed E-state index contributed by atoms with van der Waals surface area (Å²) in [5, 5.41) is 49.6. The third kappa shape index (κ3) is 3.70. The van der Waals surface area contributed by atoms with Crippen molar-refractivity contribution in [3.05, 3.63) is 0 Å². The molecule has 8 heteroatoms. The second kappa shape index (κ2) is 6.67. The van der Waals surface area contributed by atoms with Gasteiger partial charge in [-0.3, -0.25) is 0 Å². The van der Waals surface area contributed by atoms with E-state index in [1.165, 1.54) is 0 Å². The zero-order valence-electron chi connectivity index (χ0n) is 7.72. The van der Waals surface area contributed by atoms with Crippen molar-refractivity contribution in [2.45, 2.75) is 24.4 Å².